The van der Waals surface area contributed by atoms with Crippen molar-refractivity contribution in [2.75, 3.05) is 19.8 Å². The molecule has 0 aromatic carbocycles. The summed E-state index contributed by atoms with van der Waals surface area (Å²) in [7, 11) is 0. The Hall–Kier alpha value is 0.650. The first-order valence-corrected chi connectivity index (χ1v) is 6.92. The molecule has 1 fully saturated rings. The summed E-state index contributed by atoms with van der Waals surface area (Å²) in [4.78, 5) is 0. The molecule has 2 nitrogen and oxygen atoms in total. The monoisotopic (exact) mass is 312 g/mol. The first-order valence-electron chi connectivity index (χ1n) is 5.68. The molecule has 1 rings (SSSR count). The average Bonchev–Trinajstić information content (AvgIpc) is 2.58. The number of rotatable bonds is 7. The molecule has 0 heterocycles. The Morgan fingerprint density at radius 3 is 2.71 bits per heavy atom. The van der Waals surface area contributed by atoms with E-state index in [1.165, 1.54) is 32.1 Å². The fraction of sp³-hybridized carbons (Fsp3) is 1.00. The second-order valence-corrected chi connectivity index (χ2v) is 5.42. The van der Waals surface area contributed by atoms with Crippen LogP contribution in [0.1, 0.15) is 39.0 Å². The highest BCUT2D eigenvalue weighted by molar-refractivity contribution is 14.1. The molecule has 0 N–H and O–H groups in total. The largest absolute Gasteiger partial charge is 0.379 e. The van der Waals surface area contributed by atoms with Crippen molar-refractivity contribution in [3.63, 3.8) is 0 Å². The van der Waals surface area contributed by atoms with Gasteiger partial charge in [0.15, 0.2) is 0 Å². The summed E-state index contributed by atoms with van der Waals surface area (Å²) in [6.07, 6.45) is 6.75. The van der Waals surface area contributed by atoms with Crippen molar-refractivity contribution in [3.05, 3.63) is 0 Å². The van der Waals surface area contributed by atoms with E-state index in [2.05, 4.69) is 29.5 Å². The maximum absolute atomic E-state index is 5.76. The molecule has 0 aliphatic heterocycles. The van der Waals surface area contributed by atoms with Gasteiger partial charge in [-0.05, 0) is 25.7 Å². The van der Waals surface area contributed by atoms with Gasteiger partial charge in [0.2, 0.25) is 0 Å². The molecule has 0 saturated heterocycles. The summed E-state index contributed by atoms with van der Waals surface area (Å²) in [6.45, 7) is 4.60. The quantitative estimate of drug-likeness (QED) is 0.408. The lowest BCUT2D eigenvalue weighted by Crippen LogP contribution is -2.20. The SMILES string of the molecule is CCCCOCCOC1CCCC1I. The molecule has 0 radical (unpaired) electrons. The van der Waals surface area contributed by atoms with Crippen molar-refractivity contribution in [2.45, 2.75) is 49.1 Å². The van der Waals surface area contributed by atoms with Crippen LogP contribution in [0.3, 0.4) is 0 Å². The van der Waals surface area contributed by atoms with Crippen molar-refractivity contribution in [1.82, 2.24) is 0 Å². The zero-order valence-corrected chi connectivity index (χ0v) is 11.2. The highest BCUT2D eigenvalue weighted by atomic mass is 127. The molecule has 84 valence electrons. The summed E-state index contributed by atoms with van der Waals surface area (Å²) in [5.74, 6) is 0. The Bertz CT molecular complexity index is 141. The number of alkyl halides is 1. The van der Waals surface area contributed by atoms with E-state index >= 15 is 0 Å². The summed E-state index contributed by atoms with van der Waals surface area (Å²) in [6, 6.07) is 0. The molecule has 0 aromatic heterocycles. The van der Waals surface area contributed by atoms with Crippen LogP contribution < -0.4 is 0 Å². The molecule has 1 aliphatic carbocycles. The Balaban J connectivity index is 1.88. The Kier molecular flexibility index (Phi) is 7.16. The van der Waals surface area contributed by atoms with E-state index in [-0.39, 0.29) is 0 Å². The summed E-state index contributed by atoms with van der Waals surface area (Å²) < 4.78 is 11.9. The van der Waals surface area contributed by atoms with Gasteiger partial charge < -0.3 is 9.47 Å². The number of ether oxygens (including phenoxy) is 2. The standard InChI is InChI=1S/C11H21IO2/c1-2-3-7-13-8-9-14-11-6-4-5-10(11)12/h10-11H,2-9H2,1H3. The molecule has 2 unspecified atom stereocenters. The zero-order valence-electron chi connectivity index (χ0n) is 9.01. The minimum Gasteiger partial charge on any atom is -0.379 e. The minimum atomic E-state index is 0.491. The molecule has 3 heteroatoms. The summed E-state index contributed by atoms with van der Waals surface area (Å²) in [5, 5.41) is 0. The van der Waals surface area contributed by atoms with Gasteiger partial charge in [-0.15, -0.1) is 0 Å². The highest BCUT2D eigenvalue weighted by Crippen LogP contribution is 2.28. The Morgan fingerprint density at radius 1 is 1.21 bits per heavy atom. The van der Waals surface area contributed by atoms with Crippen LogP contribution in [0.25, 0.3) is 0 Å². The summed E-state index contributed by atoms with van der Waals surface area (Å²) in [5.41, 5.74) is 0. The van der Waals surface area contributed by atoms with E-state index in [4.69, 9.17) is 9.47 Å². The van der Waals surface area contributed by atoms with E-state index < -0.39 is 0 Å². The smallest absolute Gasteiger partial charge is 0.0704 e. The van der Waals surface area contributed by atoms with Crippen molar-refractivity contribution >= 4 is 22.6 Å². The molecule has 0 aromatic rings. The van der Waals surface area contributed by atoms with Gasteiger partial charge in [-0.2, -0.15) is 0 Å². The van der Waals surface area contributed by atoms with Crippen LogP contribution in [0.15, 0.2) is 0 Å². The van der Waals surface area contributed by atoms with Crippen LogP contribution in [0.2, 0.25) is 0 Å². The van der Waals surface area contributed by atoms with E-state index in [0.717, 1.165) is 23.7 Å². The van der Waals surface area contributed by atoms with Crippen LogP contribution >= 0.6 is 22.6 Å². The van der Waals surface area contributed by atoms with Gasteiger partial charge in [-0.25, -0.2) is 0 Å². The summed E-state index contributed by atoms with van der Waals surface area (Å²) >= 11 is 2.50. The Labute approximate surface area is 101 Å². The molecule has 2 atom stereocenters. The van der Waals surface area contributed by atoms with Crippen molar-refractivity contribution < 1.29 is 9.47 Å². The van der Waals surface area contributed by atoms with E-state index in [9.17, 15) is 0 Å². The molecule has 1 saturated carbocycles. The van der Waals surface area contributed by atoms with E-state index in [1.54, 1.807) is 0 Å². The normalized spacial score (nSPS) is 27.0. The molecular weight excluding hydrogens is 291 g/mol. The van der Waals surface area contributed by atoms with Crippen LogP contribution in [0, 0.1) is 0 Å². The lowest BCUT2D eigenvalue weighted by Gasteiger charge is -2.15. The molecular formula is C11H21IO2. The number of hydrogen-bond acceptors (Lipinski definition) is 2. The van der Waals surface area contributed by atoms with Gasteiger partial charge in [0, 0.05) is 10.5 Å². The fourth-order valence-electron chi connectivity index (χ4n) is 1.68. The fourth-order valence-corrected chi connectivity index (χ4v) is 2.68. The number of halogens is 1. The van der Waals surface area contributed by atoms with Gasteiger partial charge in [0.1, 0.15) is 0 Å². The number of hydrogen-bond donors (Lipinski definition) is 0. The van der Waals surface area contributed by atoms with Crippen LogP contribution in [0.4, 0.5) is 0 Å². The topological polar surface area (TPSA) is 18.5 Å². The number of unbranched alkanes of at least 4 members (excludes halogenated alkanes) is 1. The van der Waals surface area contributed by atoms with Gasteiger partial charge in [0.05, 0.1) is 19.3 Å². The van der Waals surface area contributed by atoms with Gasteiger partial charge in [-0.1, -0.05) is 35.9 Å². The van der Waals surface area contributed by atoms with Crippen LogP contribution in [0.5, 0.6) is 0 Å². The molecule has 14 heavy (non-hydrogen) atoms. The average molecular weight is 312 g/mol. The predicted octanol–water partition coefficient (Wildman–Crippen LogP) is 3.18. The van der Waals surface area contributed by atoms with Crippen LogP contribution in [-0.4, -0.2) is 29.8 Å². The predicted molar refractivity (Wildman–Crippen MR) is 67.1 cm³/mol. The lowest BCUT2D eigenvalue weighted by atomic mass is 10.3. The van der Waals surface area contributed by atoms with Crippen LogP contribution in [-0.2, 0) is 9.47 Å². The third kappa shape index (κ3) is 4.94. The van der Waals surface area contributed by atoms with Crippen molar-refractivity contribution in [2.24, 2.45) is 0 Å². The first-order chi connectivity index (χ1) is 6.84. The van der Waals surface area contributed by atoms with E-state index in [0.29, 0.717) is 6.10 Å². The maximum Gasteiger partial charge on any atom is 0.0704 e. The molecule has 0 spiro atoms. The zero-order chi connectivity index (χ0) is 10.2. The van der Waals surface area contributed by atoms with Crippen molar-refractivity contribution in [1.29, 1.82) is 0 Å². The van der Waals surface area contributed by atoms with Crippen molar-refractivity contribution in [3.8, 4) is 0 Å². The maximum atomic E-state index is 5.76. The third-order valence-corrected chi connectivity index (χ3v) is 4.00. The third-order valence-electron chi connectivity index (χ3n) is 2.57. The lowest BCUT2D eigenvalue weighted by molar-refractivity contribution is 0.0108. The van der Waals surface area contributed by atoms with Gasteiger partial charge in [0.25, 0.3) is 0 Å². The van der Waals surface area contributed by atoms with Gasteiger partial charge >= 0.3 is 0 Å². The molecule has 0 amide bonds. The minimum absolute atomic E-state index is 0.491. The second kappa shape index (κ2) is 7.88. The first kappa shape index (κ1) is 12.7. The molecule has 0 bridgehead atoms. The highest BCUT2D eigenvalue weighted by Gasteiger charge is 2.24. The Morgan fingerprint density at radius 2 is 2.07 bits per heavy atom. The van der Waals surface area contributed by atoms with E-state index in [1.807, 2.05) is 0 Å². The molecule has 1 aliphatic rings. The van der Waals surface area contributed by atoms with Gasteiger partial charge in [-0.3, -0.25) is 0 Å². The second-order valence-electron chi connectivity index (χ2n) is 3.82.